The number of hydrogen-bond acceptors (Lipinski definition) is 5. The van der Waals surface area contributed by atoms with E-state index in [1.165, 1.54) is 12.1 Å². The van der Waals surface area contributed by atoms with Gasteiger partial charge in [0, 0.05) is 38.4 Å². The van der Waals surface area contributed by atoms with Crippen molar-refractivity contribution in [2.45, 2.75) is 26.3 Å². The number of urea groups is 1. The zero-order valence-electron chi connectivity index (χ0n) is 17.2. The van der Waals surface area contributed by atoms with Crippen molar-refractivity contribution in [1.29, 1.82) is 0 Å². The Kier molecular flexibility index (Phi) is 7.04. The lowest BCUT2D eigenvalue weighted by atomic mass is 10.00. The second-order valence-corrected chi connectivity index (χ2v) is 7.22. The van der Waals surface area contributed by atoms with Gasteiger partial charge >= 0.3 is 12.0 Å². The van der Waals surface area contributed by atoms with Crippen molar-refractivity contribution in [3.8, 4) is 0 Å². The van der Waals surface area contributed by atoms with Crippen molar-refractivity contribution in [3.05, 3.63) is 46.9 Å². The molecule has 2 aliphatic heterocycles. The van der Waals surface area contributed by atoms with Crippen LogP contribution in [0.4, 0.5) is 9.18 Å². The highest BCUT2D eigenvalue weighted by Gasteiger charge is 2.33. The van der Waals surface area contributed by atoms with Crippen molar-refractivity contribution in [2.24, 2.45) is 0 Å². The molecule has 30 heavy (non-hydrogen) atoms. The van der Waals surface area contributed by atoms with E-state index in [0.717, 1.165) is 0 Å². The van der Waals surface area contributed by atoms with Crippen molar-refractivity contribution in [1.82, 2.24) is 20.4 Å². The summed E-state index contributed by atoms with van der Waals surface area (Å²) >= 11 is 0. The third-order valence-electron chi connectivity index (χ3n) is 5.29. The van der Waals surface area contributed by atoms with Crippen LogP contribution in [0.5, 0.6) is 0 Å². The number of benzene rings is 1. The standard InChI is InChI=1S/C21H27FN4O4/c1-3-16-18(20(28)30-4-2)17(24-21(29)23-16)13-25-9-11-26(12-10-25)19(27)14-7-5-6-8-15(14)22/h5-8,16H,3-4,9-13H2,1-2H3,(H2,23,24,29). The Hall–Kier alpha value is -2.94. The summed E-state index contributed by atoms with van der Waals surface area (Å²) in [5.74, 6) is -1.31. The van der Waals surface area contributed by atoms with Gasteiger partial charge in [0.05, 0.1) is 23.8 Å². The fourth-order valence-electron chi connectivity index (χ4n) is 3.72. The topological polar surface area (TPSA) is 91.0 Å². The average Bonchev–Trinajstić information content (AvgIpc) is 2.73. The number of rotatable bonds is 6. The maximum absolute atomic E-state index is 13.9. The number of carbonyl (C=O) groups is 3. The molecule has 2 heterocycles. The minimum absolute atomic E-state index is 0.0645. The van der Waals surface area contributed by atoms with Gasteiger partial charge in [0.25, 0.3) is 5.91 Å². The van der Waals surface area contributed by atoms with Crippen LogP contribution in [-0.4, -0.2) is 73.1 Å². The zero-order chi connectivity index (χ0) is 21.7. The zero-order valence-corrected chi connectivity index (χ0v) is 17.2. The highest BCUT2D eigenvalue weighted by molar-refractivity contribution is 5.95. The lowest BCUT2D eigenvalue weighted by Crippen LogP contribution is -2.54. The van der Waals surface area contributed by atoms with Crippen LogP contribution in [0.1, 0.15) is 30.6 Å². The van der Waals surface area contributed by atoms with Crippen LogP contribution in [-0.2, 0) is 9.53 Å². The van der Waals surface area contributed by atoms with E-state index < -0.39 is 17.8 Å². The maximum atomic E-state index is 13.9. The Morgan fingerprint density at radius 2 is 1.87 bits per heavy atom. The molecule has 162 valence electrons. The normalized spacial score (nSPS) is 19.9. The second kappa shape index (κ2) is 9.71. The van der Waals surface area contributed by atoms with Crippen molar-refractivity contribution in [3.63, 3.8) is 0 Å². The van der Waals surface area contributed by atoms with Crippen LogP contribution in [0.25, 0.3) is 0 Å². The molecule has 1 saturated heterocycles. The number of carbonyl (C=O) groups excluding carboxylic acids is 3. The Balaban J connectivity index is 1.69. The van der Waals surface area contributed by atoms with Crippen LogP contribution < -0.4 is 10.6 Å². The Morgan fingerprint density at radius 3 is 2.50 bits per heavy atom. The van der Waals surface area contributed by atoms with E-state index in [2.05, 4.69) is 15.5 Å². The number of esters is 1. The highest BCUT2D eigenvalue weighted by atomic mass is 19.1. The Bertz CT molecular complexity index is 849. The van der Waals surface area contributed by atoms with Crippen LogP contribution in [0.3, 0.4) is 0 Å². The van der Waals surface area contributed by atoms with Gasteiger partial charge in [-0.1, -0.05) is 19.1 Å². The summed E-state index contributed by atoms with van der Waals surface area (Å²) in [4.78, 5) is 40.8. The van der Waals surface area contributed by atoms with Crippen LogP contribution >= 0.6 is 0 Å². The van der Waals surface area contributed by atoms with Crippen LogP contribution in [0, 0.1) is 5.82 Å². The first-order valence-electron chi connectivity index (χ1n) is 10.2. The lowest BCUT2D eigenvalue weighted by Gasteiger charge is -2.37. The summed E-state index contributed by atoms with van der Waals surface area (Å²) < 4.78 is 19.1. The molecule has 0 bridgehead atoms. The fourth-order valence-corrected chi connectivity index (χ4v) is 3.72. The van der Waals surface area contributed by atoms with Gasteiger partial charge in [-0.3, -0.25) is 9.69 Å². The maximum Gasteiger partial charge on any atom is 0.337 e. The minimum Gasteiger partial charge on any atom is -0.463 e. The molecule has 0 saturated carbocycles. The first-order valence-corrected chi connectivity index (χ1v) is 10.2. The van der Waals surface area contributed by atoms with Gasteiger partial charge in [0.2, 0.25) is 0 Å². The number of ether oxygens (including phenoxy) is 1. The third-order valence-corrected chi connectivity index (χ3v) is 5.29. The summed E-state index contributed by atoms with van der Waals surface area (Å²) in [6.45, 7) is 6.17. The SMILES string of the molecule is CCOC(=O)C1=C(CN2CCN(C(=O)c3ccccc3F)CC2)NC(=O)NC1CC. The Morgan fingerprint density at radius 1 is 1.17 bits per heavy atom. The summed E-state index contributed by atoms with van der Waals surface area (Å²) in [5.41, 5.74) is 1.02. The Labute approximate surface area is 175 Å². The van der Waals surface area contributed by atoms with Gasteiger partial charge in [-0.25, -0.2) is 14.0 Å². The summed E-state index contributed by atoms with van der Waals surface area (Å²) in [7, 11) is 0. The first kappa shape index (κ1) is 21.8. The predicted molar refractivity (Wildman–Crippen MR) is 108 cm³/mol. The molecular weight excluding hydrogens is 391 g/mol. The molecule has 0 radical (unpaired) electrons. The molecule has 0 aromatic heterocycles. The van der Waals surface area contributed by atoms with E-state index in [0.29, 0.717) is 50.4 Å². The minimum atomic E-state index is -0.530. The molecular formula is C21H27FN4O4. The van der Waals surface area contributed by atoms with Crippen molar-refractivity contribution in [2.75, 3.05) is 39.3 Å². The van der Waals surface area contributed by atoms with Crippen molar-refractivity contribution >= 4 is 17.9 Å². The fraction of sp³-hybridized carbons (Fsp3) is 0.476. The van der Waals surface area contributed by atoms with E-state index in [1.54, 1.807) is 24.0 Å². The smallest absolute Gasteiger partial charge is 0.337 e. The third kappa shape index (κ3) is 4.79. The largest absolute Gasteiger partial charge is 0.463 e. The quantitative estimate of drug-likeness (QED) is 0.683. The molecule has 0 spiro atoms. The number of hydrogen-bond donors (Lipinski definition) is 2. The van der Waals surface area contributed by atoms with E-state index in [1.807, 2.05) is 6.92 Å². The van der Waals surface area contributed by atoms with Gasteiger partial charge in [-0.15, -0.1) is 0 Å². The van der Waals surface area contributed by atoms with Gasteiger partial charge in [-0.05, 0) is 25.5 Å². The second-order valence-electron chi connectivity index (χ2n) is 7.22. The number of nitrogens with one attached hydrogen (secondary N) is 2. The summed E-state index contributed by atoms with van der Waals surface area (Å²) in [6, 6.07) is 5.19. The van der Waals surface area contributed by atoms with E-state index in [9.17, 15) is 18.8 Å². The average molecular weight is 418 g/mol. The number of piperazine rings is 1. The van der Waals surface area contributed by atoms with E-state index in [-0.39, 0.29) is 24.1 Å². The van der Waals surface area contributed by atoms with Gasteiger partial charge in [0.1, 0.15) is 5.82 Å². The molecule has 1 atom stereocenters. The van der Waals surface area contributed by atoms with Crippen LogP contribution in [0.15, 0.2) is 35.5 Å². The predicted octanol–water partition coefficient (Wildman–Crippen LogP) is 1.49. The number of nitrogens with zero attached hydrogens (tertiary/aromatic N) is 2. The van der Waals surface area contributed by atoms with Crippen molar-refractivity contribution < 1.29 is 23.5 Å². The molecule has 2 aliphatic rings. The molecule has 8 nitrogen and oxygen atoms in total. The molecule has 2 N–H and O–H groups in total. The highest BCUT2D eigenvalue weighted by Crippen LogP contribution is 2.19. The summed E-state index contributed by atoms with van der Waals surface area (Å²) in [5, 5.41) is 5.49. The number of amides is 3. The molecule has 0 aliphatic carbocycles. The van der Waals surface area contributed by atoms with Gasteiger partial charge < -0.3 is 20.3 Å². The van der Waals surface area contributed by atoms with Gasteiger partial charge in [-0.2, -0.15) is 0 Å². The summed E-state index contributed by atoms with van der Waals surface area (Å²) in [6.07, 6.45) is 0.565. The first-order chi connectivity index (χ1) is 14.4. The molecule has 1 aromatic rings. The van der Waals surface area contributed by atoms with E-state index in [4.69, 9.17) is 4.74 Å². The van der Waals surface area contributed by atoms with Crippen LogP contribution in [0.2, 0.25) is 0 Å². The number of halogens is 1. The molecule has 3 rings (SSSR count). The molecule has 9 heteroatoms. The molecule has 1 fully saturated rings. The lowest BCUT2D eigenvalue weighted by molar-refractivity contribution is -0.139. The molecule has 3 amide bonds. The monoisotopic (exact) mass is 418 g/mol. The molecule has 1 aromatic carbocycles. The molecule has 1 unspecified atom stereocenters. The van der Waals surface area contributed by atoms with E-state index >= 15 is 0 Å². The van der Waals surface area contributed by atoms with Gasteiger partial charge in [0.15, 0.2) is 0 Å².